The first-order valence-corrected chi connectivity index (χ1v) is 9.90. The Labute approximate surface area is 154 Å². The van der Waals surface area contributed by atoms with Crippen molar-refractivity contribution in [3.05, 3.63) is 53.6 Å². The van der Waals surface area contributed by atoms with E-state index in [-0.39, 0.29) is 17.3 Å². The van der Waals surface area contributed by atoms with Crippen LogP contribution >= 0.6 is 0 Å². The summed E-state index contributed by atoms with van der Waals surface area (Å²) in [5, 5.41) is 3.10. The minimum atomic E-state index is -3.51. The summed E-state index contributed by atoms with van der Waals surface area (Å²) in [5.41, 5.74) is 3.67. The summed E-state index contributed by atoms with van der Waals surface area (Å²) in [6, 6.07) is 12.8. The summed E-state index contributed by atoms with van der Waals surface area (Å²) in [6.45, 7) is 2.67. The van der Waals surface area contributed by atoms with Crippen LogP contribution in [0.25, 0.3) is 0 Å². The highest BCUT2D eigenvalue weighted by Crippen LogP contribution is 2.28. The molecule has 0 aliphatic carbocycles. The van der Waals surface area contributed by atoms with Crippen molar-refractivity contribution >= 4 is 27.3 Å². The Morgan fingerprint density at radius 1 is 1.19 bits per heavy atom. The van der Waals surface area contributed by atoms with Gasteiger partial charge in [-0.15, -0.1) is 0 Å². The summed E-state index contributed by atoms with van der Waals surface area (Å²) in [6.07, 6.45) is 0.859. The number of nitrogens with zero attached hydrogens (tertiary/aromatic N) is 2. The van der Waals surface area contributed by atoms with Crippen LogP contribution in [0.15, 0.2) is 47.4 Å². The van der Waals surface area contributed by atoms with E-state index in [0.717, 1.165) is 17.7 Å². The standard InChI is InChI=1S/C19H23N3O3S/c1-14-8-9-16(26(24,25)21(2)3)12-17(14)20-13-19(23)22-11-10-15-6-4-5-7-18(15)22/h4-9,12,20H,10-11,13H2,1-3H3. The summed E-state index contributed by atoms with van der Waals surface area (Å²) < 4.78 is 25.8. The average molecular weight is 373 g/mol. The summed E-state index contributed by atoms with van der Waals surface area (Å²) in [7, 11) is -0.519. The molecule has 0 fully saturated rings. The Bertz CT molecular complexity index is 939. The molecule has 1 amide bonds. The van der Waals surface area contributed by atoms with Gasteiger partial charge in [0.05, 0.1) is 11.4 Å². The van der Waals surface area contributed by atoms with Crippen LogP contribution in [-0.2, 0) is 21.2 Å². The van der Waals surface area contributed by atoms with Crippen LogP contribution in [0.3, 0.4) is 0 Å². The highest BCUT2D eigenvalue weighted by Gasteiger charge is 2.24. The van der Waals surface area contributed by atoms with Crippen LogP contribution < -0.4 is 10.2 Å². The van der Waals surface area contributed by atoms with Crippen LogP contribution in [0.5, 0.6) is 0 Å². The first-order valence-electron chi connectivity index (χ1n) is 8.46. The molecule has 0 spiro atoms. The molecule has 7 heteroatoms. The normalized spacial score (nSPS) is 13.8. The van der Waals surface area contributed by atoms with Gasteiger partial charge in [0.25, 0.3) is 0 Å². The van der Waals surface area contributed by atoms with Crippen LogP contribution in [0.1, 0.15) is 11.1 Å². The summed E-state index contributed by atoms with van der Waals surface area (Å²) >= 11 is 0. The van der Waals surface area contributed by atoms with Gasteiger partial charge in [0, 0.05) is 32.0 Å². The van der Waals surface area contributed by atoms with Gasteiger partial charge in [0.15, 0.2) is 0 Å². The molecule has 1 aliphatic heterocycles. The zero-order chi connectivity index (χ0) is 18.9. The molecular formula is C19H23N3O3S. The third kappa shape index (κ3) is 3.45. The number of nitrogens with one attached hydrogen (secondary N) is 1. The smallest absolute Gasteiger partial charge is 0.246 e. The lowest BCUT2D eigenvalue weighted by molar-refractivity contribution is -0.116. The fourth-order valence-corrected chi connectivity index (χ4v) is 3.95. The number of benzene rings is 2. The van der Waals surface area contributed by atoms with Crippen molar-refractivity contribution in [3.63, 3.8) is 0 Å². The first-order chi connectivity index (χ1) is 12.3. The van der Waals surface area contributed by atoms with Crippen molar-refractivity contribution < 1.29 is 13.2 Å². The zero-order valence-corrected chi connectivity index (χ0v) is 16.0. The number of amides is 1. The van der Waals surface area contributed by atoms with Crippen molar-refractivity contribution in [1.29, 1.82) is 0 Å². The van der Waals surface area contributed by atoms with E-state index in [0.29, 0.717) is 12.2 Å². The number of fused-ring (bicyclic) bond motifs is 1. The number of rotatable bonds is 5. The predicted octanol–water partition coefficient (Wildman–Crippen LogP) is 2.25. The van der Waals surface area contributed by atoms with E-state index >= 15 is 0 Å². The maximum Gasteiger partial charge on any atom is 0.246 e. The van der Waals surface area contributed by atoms with Gasteiger partial charge in [-0.3, -0.25) is 4.79 Å². The fourth-order valence-electron chi connectivity index (χ4n) is 3.03. The Kier molecular flexibility index (Phi) is 5.02. The fraction of sp³-hybridized carbons (Fsp3) is 0.316. The lowest BCUT2D eigenvalue weighted by atomic mass is 10.2. The molecule has 1 aliphatic rings. The molecule has 0 saturated heterocycles. The van der Waals surface area contributed by atoms with Crippen LogP contribution in [0.4, 0.5) is 11.4 Å². The Hall–Kier alpha value is -2.38. The number of carbonyl (C=O) groups is 1. The average Bonchev–Trinajstić information content (AvgIpc) is 3.04. The number of anilines is 2. The van der Waals surface area contributed by atoms with Crippen LogP contribution in [0.2, 0.25) is 0 Å². The molecule has 3 rings (SSSR count). The molecule has 6 nitrogen and oxygen atoms in total. The molecule has 0 atom stereocenters. The second-order valence-corrected chi connectivity index (χ2v) is 8.69. The molecule has 0 radical (unpaired) electrons. The molecule has 0 aromatic heterocycles. The quantitative estimate of drug-likeness (QED) is 0.873. The van der Waals surface area contributed by atoms with Gasteiger partial charge >= 0.3 is 0 Å². The molecule has 0 bridgehead atoms. The van der Waals surface area contributed by atoms with Crippen molar-refractivity contribution in [1.82, 2.24) is 4.31 Å². The van der Waals surface area contributed by atoms with E-state index in [9.17, 15) is 13.2 Å². The number of aryl methyl sites for hydroxylation is 1. The number of hydrogen-bond acceptors (Lipinski definition) is 4. The first kappa shape index (κ1) is 18.4. The van der Waals surface area contributed by atoms with Crippen LogP contribution in [0, 0.1) is 6.92 Å². The minimum absolute atomic E-state index is 0.0322. The molecule has 26 heavy (non-hydrogen) atoms. The zero-order valence-electron chi connectivity index (χ0n) is 15.2. The van der Waals surface area contributed by atoms with Gasteiger partial charge in [-0.1, -0.05) is 24.3 Å². The van der Waals surface area contributed by atoms with Gasteiger partial charge in [0.2, 0.25) is 15.9 Å². The van der Waals surface area contributed by atoms with Crippen molar-refractivity contribution in [2.75, 3.05) is 37.4 Å². The highest BCUT2D eigenvalue weighted by molar-refractivity contribution is 7.89. The monoisotopic (exact) mass is 373 g/mol. The second kappa shape index (κ2) is 7.09. The summed E-state index contributed by atoms with van der Waals surface area (Å²) in [5.74, 6) is -0.0322. The van der Waals surface area contributed by atoms with Gasteiger partial charge in [0.1, 0.15) is 0 Å². The maximum absolute atomic E-state index is 12.6. The van der Waals surface area contributed by atoms with E-state index in [1.54, 1.807) is 23.1 Å². The molecule has 138 valence electrons. The van der Waals surface area contributed by atoms with E-state index < -0.39 is 10.0 Å². The minimum Gasteiger partial charge on any atom is -0.376 e. The van der Waals surface area contributed by atoms with E-state index in [1.165, 1.54) is 24.0 Å². The molecule has 0 unspecified atom stereocenters. The summed E-state index contributed by atoms with van der Waals surface area (Å²) in [4.78, 5) is 14.6. The van der Waals surface area contributed by atoms with E-state index in [4.69, 9.17) is 0 Å². The Morgan fingerprint density at radius 3 is 2.65 bits per heavy atom. The molecule has 1 heterocycles. The lowest BCUT2D eigenvalue weighted by Crippen LogP contribution is -2.34. The number of sulfonamides is 1. The van der Waals surface area contributed by atoms with E-state index in [2.05, 4.69) is 5.32 Å². The molecule has 2 aromatic carbocycles. The van der Waals surface area contributed by atoms with Crippen molar-refractivity contribution in [2.45, 2.75) is 18.2 Å². The number of hydrogen-bond donors (Lipinski definition) is 1. The predicted molar refractivity (Wildman–Crippen MR) is 103 cm³/mol. The van der Waals surface area contributed by atoms with Gasteiger partial charge in [-0.05, 0) is 42.7 Å². The largest absolute Gasteiger partial charge is 0.376 e. The highest BCUT2D eigenvalue weighted by atomic mass is 32.2. The van der Waals surface area contributed by atoms with Crippen LogP contribution in [-0.4, -0.2) is 45.8 Å². The number of para-hydroxylation sites is 1. The molecule has 1 N–H and O–H groups in total. The molecular weight excluding hydrogens is 350 g/mol. The SMILES string of the molecule is Cc1ccc(S(=O)(=O)N(C)C)cc1NCC(=O)N1CCc2ccccc21. The maximum atomic E-state index is 12.6. The van der Waals surface area contributed by atoms with Gasteiger partial charge < -0.3 is 10.2 Å². The van der Waals surface area contributed by atoms with Gasteiger partial charge in [-0.25, -0.2) is 12.7 Å². The molecule has 0 saturated carbocycles. The third-order valence-corrected chi connectivity index (χ3v) is 6.42. The molecule has 2 aromatic rings. The van der Waals surface area contributed by atoms with Gasteiger partial charge in [-0.2, -0.15) is 0 Å². The number of carbonyl (C=O) groups excluding carboxylic acids is 1. The van der Waals surface area contributed by atoms with Crippen molar-refractivity contribution in [2.24, 2.45) is 0 Å². The Morgan fingerprint density at radius 2 is 1.92 bits per heavy atom. The lowest BCUT2D eigenvalue weighted by Gasteiger charge is -2.19. The third-order valence-electron chi connectivity index (χ3n) is 4.61. The van der Waals surface area contributed by atoms with Crippen molar-refractivity contribution in [3.8, 4) is 0 Å². The topological polar surface area (TPSA) is 69.7 Å². The Balaban J connectivity index is 1.75. The second-order valence-electron chi connectivity index (χ2n) is 6.54. The van der Waals surface area contributed by atoms with E-state index in [1.807, 2.05) is 31.2 Å².